The van der Waals surface area contributed by atoms with Gasteiger partial charge >= 0.3 is 6.18 Å². The smallest absolute Gasteiger partial charge is 0.354 e. The highest BCUT2D eigenvalue weighted by molar-refractivity contribution is 6.05. The predicted molar refractivity (Wildman–Crippen MR) is 119 cm³/mol. The van der Waals surface area contributed by atoms with Crippen LogP contribution >= 0.6 is 0 Å². The number of aryl methyl sites for hydroxylation is 1. The molecule has 0 unspecified atom stereocenters. The van der Waals surface area contributed by atoms with Gasteiger partial charge in [0.25, 0.3) is 11.8 Å². The van der Waals surface area contributed by atoms with Gasteiger partial charge in [0.05, 0.1) is 11.1 Å². The highest BCUT2D eigenvalue weighted by atomic mass is 19.4. The van der Waals surface area contributed by atoms with E-state index in [2.05, 4.69) is 15.6 Å². The Labute approximate surface area is 187 Å². The van der Waals surface area contributed by atoms with Crippen molar-refractivity contribution in [2.45, 2.75) is 13.1 Å². The molecular formula is C24H19F3N4O2. The normalized spacial score (nSPS) is 11.4. The highest BCUT2D eigenvalue weighted by Crippen LogP contribution is 2.31. The number of aromatic nitrogens is 2. The highest BCUT2D eigenvalue weighted by Gasteiger charge is 2.31. The monoisotopic (exact) mass is 452 g/mol. The molecular weight excluding hydrogens is 433 g/mol. The number of amides is 2. The first-order chi connectivity index (χ1) is 15.7. The van der Waals surface area contributed by atoms with Gasteiger partial charge in [-0.05, 0) is 67.1 Å². The summed E-state index contributed by atoms with van der Waals surface area (Å²) in [7, 11) is 1.53. The number of rotatable bonds is 4. The minimum atomic E-state index is -4.53. The topological polar surface area (TPSA) is 76.0 Å². The maximum atomic E-state index is 13.1. The van der Waals surface area contributed by atoms with Crippen LogP contribution in [0.25, 0.3) is 16.6 Å². The molecule has 2 heterocycles. The van der Waals surface area contributed by atoms with Crippen molar-refractivity contribution >= 4 is 28.4 Å². The van der Waals surface area contributed by atoms with Gasteiger partial charge in [-0.1, -0.05) is 0 Å². The zero-order valence-corrected chi connectivity index (χ0v) is 17.7. The SMILES string of the molecule is CNC(=O)c1cc(-n2ccc3cc(NC(=O)c4cc(C)cc(C(F)(F)F)c4)ccc32)ccn1. The Bertz CT molecular complexity index is 1380. The molecule has 2 aromatic carbocycles. The number of carbonyl (C=O) groups excluding carboxylic acids is 2. The average Bonchev–Trinajstić information content (AvgIpc) is 3.21. The zero-order valence-electron chi connectivity index (χ0n) is 17.7. The Kier molecular flexibility index (Phi) is 5.63. The van der Waals surface area contributed by atoms with Crippen LogP contribution in [0.1, 0.15) is 32.0 Å². The molecule has 0 aliphatic carbocycles. The molecule has 9 heteroatoms. The lowest BCUT2D eigenvalue weighted by atomic mass is 10.1. The summed E-state index contributed by atoms with van der Waals surface area (Å²) in [4.78, 5) is 28.5. The molecule has 2 aromatic heterocycles. The van der Waals surface area contributed by atoms with Gasteiger partial charge in [0.1, 0.15) is 5.69 Å². The van der Waals surface area contributed by atoms with E-state index in [1.165, 1.54) is 26.2 Å². The molecule has 0 aliphatic rings. The third-order valence-electron chi connectivity index (χ3n) is 5.10. The first kappa shape index (κ1) is 22.1. The third-order valence-corrected chi connectivity index (χ3v) is 5.10. The van der Waals surface area contributed by atoms with Crippen LogP contribution in [0, 0.1) is 6.92 Å². The van der Waals surface area contributed by atoms with Gasteiger partial charge in [-0.15, -0.1) is 0 Å². The lowest BCUT2D eigenvalue weighted by molar-refractivity contribution is -0.137. The van der Waals surface area contributed by atoms with Gasteiger partial charge in [-0.3, -0.25) is 14.6 Å². The van der Waals surface area contributed by atoms with Crippen molar-refractivity contribution in [2.75, 3.05) is 12.4 Å². The van der Waals surface area contributed by atoms with E-state index in [1.54, 1.807) is 30.3 Å². The second-order valence-corrected chi connectivity index (χ2v) is 7.48. The van der Waals surface area contributed by atoms with Crippen molar-refractivity contribution < 1.29 is 22.8 Å². The summed E-state index contributed by atoms with van der Waals surface area (Å²) >= 11 is 0. The van der Waals surface area contributed by atoms with Crippen LogP contribution in [0.2, 0.25) is 0 Å². The minimum Gasteiger partial charge on any atom is -0.354 e. The Morgan fingerprint density at radius 3 is 2.48 bits per heavy atom. The van der Waals surface area contributed by atoms with E-state index in [1.807, 2.05) is 16.8 Å². The van der Waals surface area contributed by atoms with E-state index in [-0.39, 0.29) is 17.2 Å². The van der Waals surface area contributed by atoms with Crippen LogP contribution in [0.3, 0.4) is 0 Å². The molecule has 2 amide bonds. The number of carbonyl (C=O) groups is 2. The number of nitrogens with one attached hydrogen (secondary N) is 2. The van der Waals surface area contributed by atoms with E-state index in [0.29, 0.717) is 11.3 Å². The summed E-state index contributed by atoms with van der Waals surface area (Å²) < 4.78 is 41.1. The minimum absolute atomic E-state index is 0.0708. The molecule has 6 nitrogen and oxygen atoms in total. The number of fused-ring (bicyclic) bond motifs is 1. The number of anilines is 1. The molecule has 0 radical (unpaired) electrons. The van der Waals surface area contributed by atoms with Crippen molar-refractivity contribution in [3.63, 3.8) is 0 Å². The summed E-state index contributed by atoms with van der Waals surface area (Å²) in [6.45, 7) is 1.51. The van der Waals surface area contributed by atoms with Gasteiger partial charge in [-0.25, -0.2) is 0 Å². The van der Waals surface area contributed by atoms with Crippen LogP contribution in [-0.2, 0) is 6.18 Å². The molecule has 0 bridgehead atoms. The van der Waals surface area contributed by atoms with Crippen LogP contribution in [0.15, 0.2) is 67.0 Å². The fourth-order valence-corrected chi connectivity index (χ4v) is 3.55. The van der Waals surface area contributed by atoms with E-state index in [4.69, 9.17) is 0 Å². The van der Waals surface area contributed by atoms with Crippen LogP contribution < -0.4 is 10.6 Å². The molecule has 4 aromatic rings. The van der Waals surface area contributed by atoms with Crippen molar-refractivity contribution in [3.05, 3.63) is 89.4 Å². The summed E-state index contributed by atoms with van der Waals surface area (Å²) in [5.74, 6) is -0.935. The molecule has 0 atom stereocenters. The van der Waals surface area contributed by atoms with Gasteiger partial charge in [0.2, 0.25) is 0 Å². The maximum Gasteiger partial charge on any atom is 0.416 e. The molecule has 0 saturated heterocycles. The van der Waals surface area contributed by atoms with Crippen molar-refractivity contribution in [1.29, 1.82) is 0 Å². The van der Waals surface area contributed by atoms with E-state index in [0.717, 1.165) is 28.7 Å². The fourth-order valence-electron chi connectivity index (χ4n) is 3.55. The quantitative estimate of drug-likeness (QED) is 0.459. The first-order valence-corrected chi connectivity index (χ1v) is 9.95. The van der Waals surface area contributed by atoms with Crippen molar-refractivity contribution in [3.8, 4) is 5.69 Å². The Balaban J connectivity index is 1.61. The summed E-state index contributed by atoms with van der Waals surface area (Å²) in [6, 6.07) is 13.7. The number of nitrogens with zero attached hydrogens (tertiary/aromatic N) is 2. The zero-order chi connectivity index (χ0) is 23.8. The Hall–Kier alpha value is -4.14. The van der Waals surface area contributed by atoms with Crippen molar-refractivity contribution in [2.24, 2.45) is 0 Å². The third kappa shape index (κ3) is 4.57. The maximum absolute atomic E-state index is 13.1. The summed E-state index contributed by atoms with van der Waals surface area (Å²) in [5, 5.41) is 5.99. The van der Waals surface area contributed by atoms with Gasteiger partial charge in [0, 0.05) is 41.8 Å². The number of benzene rings is 2. The van der Waals surface area contributed by atoms with E-state index < -0.39 is 17.6 Å². The second-order valence-electron chi connectivity index (χ2n) is 7.48. The van der Waals surface area contributed by atoms with Crippen molar-refractivity contribution in [1.82, 2.24) is 14.9 Å². The van der Waals surface area contributed by atoms with Crippen LogP contribution in [-0.4, -0.2) is 28.4 Å². The number of hydrogen-bond donors (Lipinski definition) is 2. The molecule has 0 spiro atoms. The summed E-state index contributed by atoms with van der Waals surface area (Å²) in [6.07, 6.45) is -1.18. The summed E-state index contributed by atoms with van der Waals surface area (Å²) in [5.41, 5.74) is 1.67. The Morgan fingerprint density at radius 1 is 0.970 bits per heavy atom. The van der Waals surface area contributed by atoms with Crippen LogP contribution in [0.5, 0.6) is 0 Å². The first-order valence-electron chi connectivity index (χ1n) is 9.95. The molecule has 0 fully saturated rings. The Morgan fingerprint density at radius 2 is 1.76 bits per heavy atom. The average molecular weight is 452 g/mol. The molecule has 4 rings (SSSR count). The lowest BCUT2D eigenvalue weighted by Crippen LogP contribution is -2.19. The standard InChI is InChI=1S/C24H19F3N4O2/c1-14-9-16(11-17(10-14)24(25,26)27)22(32)30-18-3-4-21-15(12-18)6-8-31(21)19-5-7-29-20(13-19)23(33)28-2/h3-13H,1-2H3,(H,28,33)(H,30,32). The van der Waals surface area contributed by atoms with Gasteiger partial charge < -0.3 is 15.2 Å². The van der Waals surface area contributed by atoms with Gasteiger partial charge in [0.15, 0.2) is 0 Å². The predicted octanol–water partition coefficient (Wildman–Crippen LogP) is 4.96. The number of halogens is 3. The molecule has 33 heavy (non-hydrogen) atoms. The van der Waals surface area contributed by atoms with E-state index in [9.17, 15) is 22.8 Å². The second kappa shape index (κ2) is 8.42. The van der Waals surface area contributed by atoms with Crippen LogP contribution in [0.4, 0.5) is 18.9 Å². The molecule has 2 N–H and O–H groups in total. The molecule has 0 saturated carbocycles. The largest absolute Gasteiger partial charge is 0.416 e. The lowest BCUT2D eigenvalue weighted by Gasteiger charge is -2.11. The van der Waals surface area contributed by atoms with Gasteiger partial charge in [-0.2, -0.15) is 13.2 Å². The fraction of sp³-hybridized carbons (Fsp3) is 0.125. The molecule has 168 valence electrons. The van der Waals surface area contributed by atoms with E-state index >= 15 is 0 Å². The molecule has 0 aliphatic heterocycles. The number of hydrogen-bond acceptors (Lipinski definition) is 3. The number of pyridine rings is 1. The number of alkyl halides is 3.